The van der Waals surface area contributed by atoms with Crippen molar-refractivity contribution in [2.75, 3.05) is 36.5 Å². The molecule has 1 aliphatic rings. The van der Waals surface area contributed by atoms with Crippen molar-refractivity contribution in [1.29, 1.82) is 10.7 Å². The van der Waals surface area contributed by atoms with Crippen molar-refractivity contribution in [1.82, 2.24) is 5.32 Å². The zero-order valence-electron chi connectivity index (χ0n) is 12.1. The molecular weight excluding hydrogens is 278 g/mol. The van der Waals surface area contributed by atoms with E-state index in [1.54, 1.807) is 6.19 Å². The van der Waals surface area contributed by atoms with E-state index in [1.807, 2.05) is 24.3 Å². The van der Waals surface area contributed by atoms with Crippen LogP contribution in [0.25, 0.3) is 10.8 Å². The Kier molecular flexibility index (Phi) is 4.08. The maximum Gasteiger partial charge on any atom is 0.206 e. The van der Waals surface area contributed by atoms with E-state index in [1.165, 1.54) is 5.69 Å². The third kappa shape index (κ3) is 2.80. The molecule has 22 heavy (non-hydrogen) atoms. The highest BCUT2D eigenvalue weighted by Crippen LogP contribution is 2.32. The molecule has 1 saturated heterocycles. The molecule has 0 unspecified atom stereocenters. The Morgan fingerprint density at radius 2 is 1.86 bits per heavy atom. The summed E-state index contributed by atoms with van der Waals surface area (Å²) in [5, 5.41) is 23.6. The summed E-state index contributed by atoms with van der Waals surface area (Å²) in [5.74, 6) is -0.0354. The van der Waals surface area contributed by atoms with Crippen LogP contribution in [-0.2, 0) is 4.74 Å². The van der Waals surface area contributed by atoms with Gasteiger partial charge in [-0.05, 0) is 12.1 Å². The number of fused-ring (bicyclic) bond motifs is 1. The normalized spacial score (nSPS) is 14.4. The summed E-state index contributed by atoms with van der Waals surface area (Å²) in [6, 6.07) is 12.1. The van der Waals surface area contributed by atoms with Crippen LogP contribution >= 0.6 is 0 Å². The quantitative estimate of drug-likeness (QED) is 0.342. The molecule has 3 rings (SSSR count). The van der Waals surface area contributed by atoms with Gasteiger partial charge < -0.3 is 15.0 Å². The van der Waals surface area contributed by atoms with Gasteiger partial charge in [-0.3, -0.25) is 10.7 Å². The van der Waals surface area contributed by atoms with Gasteiger partial charge in [0.05, 0.1) is 13.2 Å². The highest BCUT2D eigenvalue weighted by Gasteiger charge is 2.15. The number of benzene rings is 2. The molecule has 2 aromatic rings. The second-order valence-corrected chi connectivity index (χ2v) is 5.01. The van der Waals surface area contributed by atoms with Gasteiger partial charge in [0.15, 0.2) is 6.19 Å². The van der Waals surface area contributed by atoms with Gasteiger partial charge in [0.25, 0.3) is 0 Å². The van der Waals surface area contributed by atoms with E-state index >= 15 is 0 Å². The molecule has 1 fully saturated rings. The number of nitrogens with zero attached hydrogens (tertiary/aromatic N) is 2. The number of guanidine groups is 1. The smallest absolute Gasteiger partial charge is 0.206 e. The van der Waals surface area contributed by atoms with E-state index in [0.29, 0.717) is 0 Å². The van der Waals surface area contributed by atoms with Crippen LogP contribution in [0.15, 0.2) is 36.4 Å². The van der Waals surface area contributed by atoms with Gasteiger partial charge >= 0.3 is 0 Å². The fourth-order valence-electron chi connectivity index (χ4n) is 2.69. The molecule has 0 atom stereocenters. The lowest BCUT2D eigenvalue weighted by molar-refractivity contribution is 0.123. The first-order chi connectivity index (χ1) is 10.8. The van der Waals surface area contributed by atoms with Crippen molar-refractivity contribution in [3.05, 3.63) is 36.4 Å². The summed E-state index contributed by atoms with van der Waals surface area (Å²) in [5.41, 5.74) is 1.98. The van der Waals surface area contributed by atoms with Gasteiger partial charge in [0, 0.05) is 35.2 Å². The van der Waals surface area contributed by atoms with Crippen LogP contribution in [0.1, 0.15) is 0 Å². The minimum absolute atomic E-state index is 0.0354. The van der Waals surface area contributed by atoms with Gasteiger partial charge in [-0.1, -0.05) is 24.3 Å². The van der Waals surface area contributed by atoms with Gasteiger partial charge in [0.2, 0.25) is 5.96 Å². The lowest BCUT2D eigenvalue weighted by Gasteiger charge is -2.30. The predicted octanol–water partition coefficient (Wildman–Crippen LogP) is 2.09. The van der Waals surface area contributed by atoms with E-state index in [4.69, 9.17) is 15.4 Å². The Morgan fingerprint density at radius 3 is 2.59 bits per heavy atom. The van der Waals surface area contributed by atoms with Crippen molar-refractivity contribution < 1.29 is 4.74 Å². The maximum atomic E-state index is 8.58. The summed E-state index contributed by atoms with van der Waals surface area (Å²) >= 11 is 0. The average molecular weight is 295 g/mol. The molecule has 112 valence electrons. The Balaban J connectivity index is 1.99. The van der Waals surface area contributed by atoms with Crippen LogP contribution in [-0.4, -0.2) is 32.3 Å². The molecule has 1 aliphatic heterocycles. The van der Waals surface area contributed by atoms with Crippen molar-refractivity contribution in [3.8, 4) is 6.19 Å². The van der Waals surface area contributed by atoms with Gasteiger partial charge in [-0.2, -0.15) is 5.26 Å². The van der Waals surface area contributed by atoms with Crippen LogP contribution in [0.2, 0.25) is 0 Å². The van der Waals surface area contributed by atoms with E-state index in [0.717, 1.165) is 42.8 Å². The second-order valence-electron chi connectivity index (χ2n) is 5.01. The first-order valence-electron chi connectivity index (χ1n) is 7.15. The van der Waals surface area contributed by atoms with Crippen LogP contribution in [0.5, 0.6) is 0 Å². The topological polar surface area (TPSA) is 84.2 Å². The maximum absolute atomic E-state index is 8.58. The molecule has 6 nitrogen and oxygen atoms in total. The largest absolute Gasteiger partial charge is 0.378 e. The standard InChI is InChI=1S/C16H17N5O/c17-11-19-16(18)20-14-5-6-15(21-7-9-22-10-8-21)13-4-2-1-3-12(13)14/h1-6H,7-10H2,(H3,18,19,20). The number of rotatable bonds is 2. The number of ether oxygens (including phenoxy) is 1. The summed E-state index contributed by atoms with van der Waals surface area (Å²) in [7, 11) is 0. The predicted molar refractivity (Wildman–Crippen MR) is 87.1 cm³/mol. The fraction of sp³-hybridized carbons (Fsp3) is 0.250. The number of nitriles is 1. The number of morpholine rings is 1. The molecule has 0 aliphatic carbocycles. The molecule has 6 heteroatoms. The summed E-state index contributed by atoms with van der Waals surface area (Å²) in [6.45, 7) is 3.24. The third-order valence-corrected chi connectivity index (χ3v) is 3.69. The molecule has 0 radical (unpaired) electrons. The molecular formula is C16H17N5O. The SMILES string of the molecule is N#CNC(=N)Nc1ccc(N2CCOCC2)c2ccccc12. The number of nitrogens with one attached hydrogen (secondary N) is 3. The van der Waals surface area contributed by atoms with E-state index in [-0.39, 0.29) is 5.96 Å². The molecule has 0 aromatic heterocycles. The Bertz CT molecular complexity index is 731. The number of hydrogen-bond donors (Lipinski definition) is 3. The van der Waals surface area contributed by atoms with Crippen molar-refractivity contribution >= 4 is 28.1 Å². The third-order valence-electron chi connectivity index (χ3n) is 3.69. The highest BCUT2D eigenvalue weighted by molar-refractivity contribution is 6.07. The minimum atomic E-state index is -0.0354. The molecule has 0 spiro atoms. The van der Waals surface area contributed by atoms with Crippen molar-refractivity contribution in [2.45, 2.75) is 0 Å². The van der Waals surface area contributed by atoms with Gasteiger partial charge in [-0.25, -0.2) is 0 Å². The highest BCUT2D eigenvalue weighted by atomic mass is 16.5. The zero-order chi connectivity index (χ0) is 15.4. The second kappa shape index (κ2) is 6.33. The number of hydrogen-bond acceptors (Lipinski definition) is 4. The molecule has 0 saturated carbocycles. The van der Waals surface area contributed by atoms with E-state index in [2.05, 4.69) is 27.7 Å². The first kappa shape index (κ1) is 14.2. The summed E-state index contributed by atoms with van der Waals surface area (Å²) in [4.78, 5) is 2.31. The van der Waals surface area contributed by atoms with Crippen LogP contribution in [0.3, 0.4) is 0 Å². The first-order valence-corrected chi connectivity index (χ1v) is 7.15. The molecule has 3 N–H and O–H groups in total. The lowest BCUT2D eigenvalue weighted by Crippen LogP contribution is -2.36. The van der Waals surface area contributed by atoms with Crippen LogP contribution in [0.4, 0.5) is 11.4 Å². The molecule has 2 aromatic carbocycles. The average Bonchev–Trinajstić information content (AvgIpc) is 2.56. The van der Waals surface area contributed by atoms with Crippen LogP contribution in [0, 0.1) is 16.9 Å². The summed E-state index contributed by atoms with van der Waals surface area (Å²) < 4.78 is 5.42. The minimum Gasteiger partial charge on any atom is -0.378 e. The van der Waals surface area contributed by atoms with E-state index < -0.39 is 0 Å². The van der Waals surface area contributed by atoms with Crippen LogP contribution < -0.4 is 15.5 Å². The van der Waals surface area contributed by atoms with Crippen molar-refractivity contribution in [3.63, 3.8) is 0 Å². The van der Waals surface area contributed by atoms with Gasteiger partial charge in [0.1, 0.15) is 0 Å². The molecule has 0 amide bonds. The molecule has 0 bridgehead atoms. The fourth-order valence-corrected chi connectivity index (χ4v) is 2.69. The monoisotopic (exact) mass is 295 g/mol. The zero-order valence-corrected chi connectivity index (χ0v) is 12.1. The lowest BCUT2D eigenvalue weighted by atomic mass is 10.1. The summed E-state index contributed by atoms with van der Waals surface area (Å²) in [6.07, 6.45) is 1.74. The van der Waals surface area contributed by atoms with E-state index in [9.17, 15) is 0 Å². The Hall–Kier alpha value is -2.78. The van der Waals surface area contributed by atoms with Crippen molar-refractivity contribution in [2.24, 2.45) is 0 Å². The Morgan fingerprint density at radius 1 is 1.14 bits per heavy atom. The number of anilines is 2. The Labute approximate surface area is 128 Å². The molecule has 1 heterocycles. The van der Waals surface area contributed by atoms with Gasteiger partial charge in [-0.15, -0.1) is 0 Å².